The molecule has 1 heterocycles. The van der Waals surface area contributed by atoms with Crippen molar-refractivity contribution >= 4 is 23.5 Å². The number of rotatable bonds is 3. The maximum atomic E-state index is 13.6. The molecule has 134 valence electrons. The molecule has 2 N–H and O–H groups in total. The second-order valence-electron chi connectivity index (χ2n) is 6.76. The zero-order valence-corrected chi connectivity index (χ0v) is 13.8. The van der Waals surface area contributed by atoms with Gasteiger partial charge in [0.15, 0.2) is 0 Å². The van der Waals surface area contributed by atoms with E-state index in [1.165, 1.54) is 0 Å². The van der Waals surface area contributed by atoms with E-state index >= 15 is 0 Å². The Kier molecular flexibility index (Phi) is 4.45. The van der Waals surface area contributed by atoms with Crippen molar-refractivity contribution in [2.24, 2.45) is 5.92 Å². The summed E-state index contributed by atoms with van der Waals surface area (Å²) >= 11 is 0. The Hall–Kier alpha value is -2.51. The third kappa shape index (κ3) is 3.33. The van der Waals surface area contributed by atoms with E-state index in [1.807, 2.05) is 0 Å². The fraction of sp³-hybridized carbons (Fsp3) is 0.471. The van der Waals surface area contributed by atoms with Gasteiger partial charge in [-0.15, -0.1) is 0 Å². The number of hydrogen-bond donors (Lipinski definition) is 2. The predicted molar refractivity (Wildman–Crippen MR) is 85.6 cm³/mol. The number of halogens is 2. The second kappa shape index (κ2) is 6.42. The maximum absolute atomic E-state index is 13.6. The number of benzene rings is 1. The van der Waals surface area contributed by atoms with E-state index in [-0.39, 0.29) is 5.69 Å². The number of nitrogens with zero attached hydrogens (tertiary/aromatic N) is 1. The summed E-state index contributed by atoms with van der Waals surface area (Å²) in [6.07, 6.45) is 2.71. The van der Waals surface area contributed by atoms with Crippen LogP contribution in [0.3, 0.4) is 0 Å². The van der Waals surface area contributed by atoms with Gasteiger partial charge in [0.1, 0.15) is 23.7 Å². The number of carbonyl (C=O) groups excluding carboxylic acids is 3. The molecule has 8 heteroatoms. The average molecular weight is 351 g/mol. The summed E-state index contributed by atoms with van der Waals surface area (Å²) in [5, 5.41) is 4.89. The Morgan fingerprint density at radius 1 is 1.32 bits per heavy atom. The minimum absolute atomic E-state index is 0.335. The quantitative estimate of drug-likeness (QED) is 0.821. The van der Waals surface area contributed by atoms with Crippen LogP contribution >= 0.6 is 0 Å². The first-order valence-electron chi connectivity index (χ1n) is 8.20. The van der Waals surface area contributed by atoms with Crippen LogP contribution < -0.4 is 10.6 Å². The molecule has 4 amide bonds. The smallest absolute Gasteiger partial charge is 0.323 e. The molecule has 1 aromatic carbocycles. The zero-order chi connectivity index (χ0) is 18.2. The zero-order valence-electron chi connectivity index (χ0n) is 13.8. The first kappa shape index (κ1) is 17.3. The SMILES string of the molecule is CC1CCC2(CC1)NC(=O)N(CC(=O)Nc1cc(F)ccc1F)C2=O. The van der Waals surface area contributed by atoms with Crippen LogP contribution in [0.5, 0.6) is 0 Å². The molecule has 0 bridgehead atoms. The van der Waals surface area contributed by atoms with Gasteiger partial charge in [-0.05, 0) is 43.7 Å². The standard InChI is InChI=1S/C17H19F2N3O3/c1-10-4-6-17(7-5-10)15(24)22(16(25)21-17)9-14(23)20-13-8-11(18)2-3-12(13)19/h2-3,8,10H,4-7,9H2,1H3,(H,20,23)(H,21,25). The molecule has 3 rings (SSSR count). The lowest BCUT2D eigenvalue weighted by atomic mass is 9.77. The molecule has 6 nitrogen and oxygen atoms in total. The van der Waals surface area contributed by atoms with Crippen LogP contribution in [0.4, 0.5) is 19.3 Å². The van der Waals surface area contributed by atoms with Crippen molar-refractivity contribution in [1.82, 2.24) is 10.2 Å². The number of amides is 4. The Bertz CT molecular complexity index is 730. The third-order valence-corrected chi connectivity index (χ3v) is 4.88. The molecule has 2 fully saturated rings. The molecule has 0 unspecified atom stereocenters. The van der Waals surface area contributed by atoms with Crippen LogP contribution in [0.15, 0.2) is 18.2 Å². The number of carbonyl (C=O) groups is 3. The fourth-order valence-electron chi connectivity index (χ4n) is 3.34. The van der Waals surface area contributed by atoms with Crippen LogP contribution in [-0.2, 0) is 9.59 Å². The lowest BCUT2D eigenvalue weighted by Crippen LogP contribution is -2.49. The van der Waals surface area contributed by atoms with Crippen molar-refractivity contribution in [2.75, 3.05) is 11.9 Å². The lowest BCUT2D eigenvalue weighted by Gasteiger charge is -2.33. The topological polar surface area (TPSA) is 78.5 Å². The highest BCUT2D eigenvalue weighted by atomic mass is 19.1. The molecule has 1 saturated carbocycles. The molecule has 25 heavy (non-hydrogen) atoms. The molecule has 0 atom stereocenters. The summed E-state index contributed by atoms with van der Waals surface area (Å²) in [4.78, 5) is 37.7. The molecule has 2 aliphatic rings. The molecule has 1 aromatic rings. The van der Waals surface area contributed by atoms with Gasteiger partial charge in [-0.3, -0.25) is 14.5 Å². The van der Waals surface area contributed by atoms with Gasteiger partial charge in [-0.25, -0.2) is 13.6 Å². The average Bonchev–Trinajstić information content (AvgIpc) is 2.78. The van der Waals surface area contributed by atoms with E-state index in [0.29, 0.717) is 18.8 Å². The van der Waals surface area contributed by atoms with Crippen LogP contribution in [-0.4, -0.2) is 34.8 Å². The van der Waals surface area contributed by atoms with Crippen molar-refractivity contribution in [1.29, 1.82) is 0 Å². The van der Waals surface area contributed by atoms with Gasteiger partial charge < -0.3 is 10.6 Å². The Labute approximate surface area is 143 Å². The second-order valence-corrected chi connectivity index (χ2v) is 6.76. The van der Waals surface area contributed by atoms with Gasteiger partial charge in [0.05, 0.1) is 5.69 Å². The van der Waals surface area contributed by atoms with Gasteiger partial charge in [-0.1, -0.05) is 6.92 Å². The van der Waals surface area contributed by atoms with E-state index in [0.717, 1.165) is 35.9 Å². The third-order valence-electron chi connectivity index (χ3n) is 4.88. The number of nitrogens with one attached hydrogen (secondary N) is 2. The Morgan fingerprint density at radius 2 is 2.00 bits per heavy atom. The Balaban J connectivity index is 1.68. The number of imide groups is 1. The summed E-state index contributed by atoms with van der Waals surface area (Å²) in [6.45, 7) is 1.55. The molecule has 0 aromatic heterocycles. The van der Waals surface area contributed by atoms with Crippen molar-refractivity contribution in [2.45, 2.75) is 38.1 Å². The number of hydrogen-bond acceptors (Lipinski definition) is 3. The largest absolute Gasteiger partial charge is 0.325 e. The maximum Gasteiger partial charge on any atom is 0.325 e. The first-order chi connectivity index (χ1) is 11.8. The summed E-state index contributed by atoms with van der Waals surface area (Å²) in [7, 11) is 0. The van der Waals surface area contributed by atoms with Gasteiger partial charge in [0.25, 0.3) is 5.91 Å². The molecule has 1 aliphatic heterocycles. The van der Waals surface area contributed by atoms with E-state index in [2.05, 4.69) is 17.6 Å². The summed E-state index contributed by atoms with van der Waals surface area (Å²) in [6, 6.07) is 2.02. The van der Waals surface area contributed by atoms with E-state index in [1.54, 1.807) is 0 Å². The van der Waals surface area contributed by atoms with Crippen molar-refractivity contribution in [3.05, 3.63) is 29.8 Å². The van der Waals surface area contributed by atoms with Crippen LogP contribution in [0.25, 0.3) is 0 Å². The highest BCUT2D eigenvalue weighted by Crippen LogP contribution is 2.36. The summed E-state index contributed by atoms with van der Waals surface area (Å²) < 4.78 is 26.7. The fourth-order valence-corrected chi connectivity index (χ4v) is 3.34. The molecular formula is C17H19F2N3O3. The molecule has 1 saturated heterocycles. The minimum Gasteiger partial charge on any atom is -0.323 e. The monoisotopic (exact) mass is 351 g/mol. The van der Waals surface area contributed by atoms with Gasteiger partial charge in [0.2, 0.25) is 5.91 Å². The van der Waals surface area contributed by atoms with Crippen molar-refractivity contribution in [3.63, 3.8) is 0 Å². The molecule has 1 spiro atoms. The number of urea groups is 1. The van der Waals surface area contributed by atoms with Gasteiger partial charge >= 0.3 is 6.03 Å². The van der Waals surface area contributed by atoms with E-state index in [9.17, 15) is 23.2 Å². The minimum atomic E-state index is -0.937. The molecule has 0 radical (unpaired) electrons. The predicted octanol–water partition coefficient (Wildman–Crippen LogP) is 2.40. The molecular weight excluding hydrogens is 332 g/mol. The van der Waals surface area contributed by atoms with E-state index < -0.39 is 41.6 Å². The first-order valence-corrected chi connectivity index (χ1v) is 8.20. The Morgan fingerprint density at radius 3 is 2.68 bits per heavy atom. The normalized spacial score (nSPS) is 26.0. The number of anilines is 1. The van der Waals surface area contributed by atoms with Crippen molar-refractivity contribution < 1.29 is 23.2 Å². The molecule has 1 aliphatic carbocycles. The lowest BCUT2D eigenvalue weighted by molar-refractivity contribution is -0.135. The highest BCUT2D eigenvalue weighted by molar-refractivity contribution is 6.10. The summed E-state index contributed by atoms with van der Waals surface area (Å²) in [5.41, 5.74) is -1.27. The van der Waals surface area contributed by atoms with Crippen LogP contribution in [0, 0.1) is 17.6 Å². The highest BCUT2D eigenvalue weighted by Gasteiger charge is 2.52. The van der Waals surface area contributed by atoms with Crippen LogP contribution in [0.1, 0.15) is 32.6 Å². The van der Waals surface area contributed by atoms with Crippen molar-refractivity contribution in [3.8, 4) is 0 Å². The van der Waals surface area contributed by atoms with Crippen LogP contribution in [0.2, 0.25) is 0 Å². The van der Waals surface area contributed by atoms with Gasteiger partial charge in [-0.2, -0.15) is 0 Å². The van der Waals surface area contributed by atoms with E-state index in [4.69, 9.17) is 0 Å². The van der Waals surface area contributed by atoms with Gasteiger partial charge in [0, 0.05) is 6.07 Å². The summed E-state index contributed by atoms with van der Waals surface area (Å²) in [5.74, 6) is -2.22.